The minimum Gasteiger partial charge on any atom is -0.310 e. The second kappa shape index (κ2) is 6.57. The van der Waals surface area contributed by atoms with E-state index in [4.69, 9.17) is 0 Å². The highest BCUT2D eigenvalue weighted by atomic mass is 32.2. The quantitative estimate of drug-likeness (QED) is 0.843. The minimum absolute atomic E-state index is 0.174. The first-order chi connectivity index (χ1) is 11.8. The first-order valence-electron chi connectivity index (χ1n) is 7.96. The summed E-state index contributed by atoms with van der Waals surface area (Å²) in [5.41, 5.74) is 1.52. The molecule has 1 aliphatic heterocycles. The van der Waals surface area contributed by atoms with Crippen LogP contribution in [-0.4, -0.2) is 37.8 Å². The van der Waals surface area contributed by atoms with Gasteiger partial charge in [-0.2, -0.15) is 4.31 Å². The summed E-state index contributed by atoms with van der Waals surface area (Å²) >= 11 is 0. The van der Waals surface area contributed by atoms with Crippen LogP contribution in [0.2, 0.25) is 0 Å². The number of amides is 1. The Balaban J connectivity index is 1.86. The van der Waals surface area contributed by atoms with Gasteiger partial charge in [0.25, 0.3) is 0 Å². The molecule has 1 aliphatic rings. The number of aryl methyl sites for hydroxylation is 1. The number of carbonyl (C=O) groups excluding carboxylic acids is 1. The van der Waals surface area contributed by atoms with Gasteiger partial charge in [-0.05, 0) is 50.2 Å². The van der Waals surface area contributed by atoms with E-state index in [0.717, 1.165) is 5.56 Å². The summed E-state index contributed by atoms with van der Waals surface area (Å²) in [7, 11) is -3.75. The summed E-state index contributed by atoms with van der Waals surface area (Å²) in [6.07, 6.45) is 0. The fourth-order valence-corrected chi connectivity index (χ4v) is 4.48. The Morgan fingerprint density at radius 3 is 2.20 bits per heavy atom. The number of rotatable bonds is 3. The lowest BCUT2D eigenvalue weighted by molar-refractivity contribution is -0.123. The van der Waals surface area contributed by atoms with Crippen LogP contribution in [0.4, 0.5) is 10.1 Å². The molecule has 1 saturated heterocycles. The molecule has 0 N–H and O–H groups in total. The van der Waals surface area contributed by atoms with Crippen molar-refractivity contribution in [1.29, 1.82) is 0 Å². The Hall–Kier alpha value is -2.25. The standard InChI is InChI=1S/C18H19FN2O3S/c1-13-3-9-17(10-4-13)25(23,24)21-12-11-20(18(22)14(21)2)16-7-5-15(19)6-8-16/h3-10,14H,11-12H2,1-2H3. The molecule has 2 aromatic rings. The van der Waals surface area contributed by atoms with Crippen molar-refractivity contribution in [3.8, 4) is 0 Å². The number of piperazine rings is 1. The maximum atomic E-state index is 13.1. The van der Waals surface area contributed by atoms with E-state index in [1.165, 1.54) is 33.5 Å². The van der Waals surface area contributed by atoms with Crippen molar-refractivity contribution in [2.75, 3.05) is 18.0 Å². The van der Waals surface area contributed by atoms with E-state index in [2.05, 4.69) is 0 Å². The van der Waals surface area contributed by atoms with Gasteiger partial charge in [0.1, 0.15) is 11.9 Å². The number of anilines is 1. The molecule has 2 aromatic carbocycles. The zero-order valence-corrected chi connectivity index (χ0v) is 14.8. The molecule has 0 saturated carbocycles. The summed E-state index contributed by atoms with van der Waals surface area (Å²) in [6, 6.07) is 11.3. The third-order valence-electron chi connectivity index (χ3n) is 4.37. The highest BCUT2D eigenvalue weighted by Gasteiger charge is 2.39. The number of halogens is 1. The van der Waals surface area contributed by atoms with Crippen LogP contribution in [0.25, 0.3) is 0 Å². The van der Waals surface area contributed by atoms with Crippen LogP contribution in [-0.2, 0) is 14.8 Å². The van der Waals surface area contributed by atoms with Crippen LogP contribution in [0.5, 0.6) is 0 Å². The fraction of sp³-hybridized carbons (Fsp3) is 0.278. The van der Waals surface area contributed by atoms with Crippen LogP contribution < -0.4 is 4.90 Å². The lowest BCUT2D eigenvalue weighted by atomic mass is 10.2. The predicted molar refractivity (Wildman–Crippen MR) is 93.3 cm³/mol. The van der Waals surface area contributed by atoms with Gasteiger partial charge in [0.2, 0.25) is 15.9 Å². The number of hydrogen-bond acceptors (Lipinski definition) is 3. The normalized spacial score (nSPS) is 19.2. The van der Waals surface area contributed by atoms with Gasteiger partial charge >= 0.3 is 0 Å². The van der Waals surface area contributed by atoms with Crippen molar-refractivity contribution >= 4 is 21.6 Å². The van der Waals surface area contributed by atoms with Gasteiger partial charge in [0, 0.05) is 18.8 Å². The third kappa shape index (κ3) is 3.29. The SMILES string of the molecule is Cc1ccc(S(=O)(=O)N2CCN(c3ccc(F)cc3)C(=O)C2C)cc1. The molecular weight excluding hydrogens is 343 g/mol. The molecule has 0 radical (unpaired) electrons. The van der Waals surface area contributed by atoms with E-state index >= 15 is 0 Å². The van der Waals surface area contributed by atoms with Crippen molar-refractivity contribution in [3.05, 3.63) is 59.9 Å². The largest absolute Gasteiger partial charge is 0.310 e. The van der Waals surface area contributed by atoms with Crippen molar-refractivity contribution in [3.63, 3.8) is 0 Å². The monoisotopic (exact) mass is 362 g/mol. The molecule has 0 aromatic heterocycles. The van der Waals surface area contributed by atoms with E-state index in [0.29, 0.717) is 5.69 Å². The third-order valence-corrected chi connectivity index (χ3v) is 6.35. The molecule has 132 valence electrons. The molecule has 25 heavy (non-hydrogen) atoms. The molecule has 1 amide bonds. The van der Waals surface area contributed by atoms with E-state index in [-0.39, 0.29) is 29.7 Å². The smallest absolute Gasteiger partial charge is 0.245 e. The van der Waals surface area contributed by atoms with Crippen molar-refractivity contribution in [2.45, 2.75) is 24.8 Å². The predicted octanol–water partition coefficient (Wildman–Crippen LogP) is 2.56. The Morgan fingerprint density at radius 1 is 1.00 bits per heavy atom. The van der Waals surface area contributed by atoms with Gasteiger partial charge in [0.05, 0.1) is 4.90 Å². The lowest BCUT2D eigenvalue weighted by Crippen LogP contribution is -2.57. The topological polar surface area (TPSA) is 57.7 Å². The molecule has 5 nitrogen and oxygen atoms in total. The average Bonchev–Trinajstić information content (AvgIpc) is 2.58. The first-order valence-corrected chi connectivity index (χ1v) is 9.40. The fourth-order valence-electron chi connectivity index (χ4n) is 2.90. The van der Waals surface area contributed by atoms with E-state index in [9.17, 15) is 17.6 Å². The van der Waals surface area contributed by atoms with Crippen molar-refractivity contribution in [1.82, 2.24) is 4.31 Å². The summed E-state index contributed by atoms with van der Waals surface area (Å²) in [5.74, 6) is -0.710. The van der Waals surface area contributed by atoms with Gasteiger partial charge in [-0.1, -0.05) is 17.7 Å². The molecule has 7 heteroatoms. The molecule has 0 spiro atoms. The lowest BCUT2D eigenvalue weighted by Gasteiger charge is -2.38. The molecule has 1 fully saturated rings. The van der Waals surface area contributed by atoms with Gasteiger partial charge in [-0.3, -0.25) is 4.79 Å². The molecule has 0 aliphatic carbocycles. The zero-order chi connectivity index (χ0) is 18.2. The Labute approximate surface area is 146 Å². The first kappa shape index (κ1) is 17.6. The summed E-state index contributed by atoms with van der Waals surface area (Å²) < 4.78 is 40.0. The van der Waals surface area contributed by atoms with Crippen molar-refractivity contribution in [2.24, 2.45) is 0 Å². The molecule has 1 heterocycles. The minimum atomic E-state index is -3.75. The van der Waals surface area contributed by atoms with E-state index < -0.39 is 16.1 Å². The van der Waals surface area contributed by atoms with Gasteiger partial charge in [0.15, 0.2) is 0 Å². The molecule has 0 bridgehead atoms. The van der Waals surface area contributed by atoms with Crippen LogP contribution in [0.1, 0.15) is 12.5 Å². The van der Waals surface area contributed by atoms with Gasteiger partial charge in [-0.15, -0.1) is 0 Å². The Morgan fingerprint density at radius 2 is 1.60 bits per heavy atom. The van der Waals surface area contributed by atoms with Crippen molar-refractivity contribution < 1.29 is 17.6 Å². The molecule has 1 atom stereocenters. The summed E-state index contributed by atoms with van der Waals surface area (Å²) in [6.45, 7) is 3.86. The van der Waals surface area contributed by atoms with Crippen LogP contribution >= 0.6 is 0 Å². The Kier molecular flexibility index (Phi) is 4.62. The zero-order valence-electron chi connectivity index (χ0n) is 14.0. The summed E-state index contributed by atoms with van der Waals surface area (Å²) in [4.78, 5) is 14.3. The van der Waals surface area contributed by atoms with Gasteiger partial charge in [-0.25, -0.2) is 12.8 Å². The number of benzene rings is 2. The number of sulfonamides is 1. The van der Waals surface area contributed by atoms with E-state index in [1.807, 2.05) is 6.92 Å². The van der Waals surface area contributed by atoms with Gasteiger partial charge < -0.3 is 4.90 Å². The number of hydrogen-bond donors (Lipinski definition) is 0. The summed E-state index contributed by atoms with van der Waals surface area (Å²) in [5, 5.41) is 0. The van der Waals surface area contributed by atoms with Crippen LogP contribution in [0.3, 0.4) is 0 Å². The maximum absolute atomic E-state index is 13.1. The van der Waals surface area contributed by atoms with E-state index in [1.54, 1.807) is 31.2 Å². The van der Waals surface area contributed by atoms with Crippen LogP contribution in [0, 0.1) is 12.7 Å². The molecule has 1 unspecified atom stereocenters. The highest BCUT2D eigenvalue weighted by molar-refractivity contribution is 7.89. The number of carbonyl (C=O) groups is 1. The second-order valence-electron chi connectivity index (χ2n) is 6.07. The maximum Gasteiger partial charge on any atom is 0.245 e. The number of nitrogens with zero attached hydrogens (tertiary/aromatic N) is 2. The highest BCUT2D eigenvalue weighted by Crippen LogP contribution is 2.25. The second-order valence-corrected chi connectivity index (χ2v) is 7.96. The average molecular weight is 362 g/mol. The van der Waals surface area contributed by atoms with Crippen LogP contribution in [0.15, 0.2) is 53.4 Å². The molecule has 3 rings (SSSR count). The molecular formula is C18H19FN2O3S. The Bertz CT molecular complexity index is 880.